The van der Waals surface area contributed by atoms with Crippen molar-refractivity contribution in [1.29, 1.82) is 0 Å². The average Bonchev–Trinajstić information content (AvgIpc) is 2.89. The molecule has 1 saturated carbocycles. The Bertz CT molecular complexity index is 543. The van der Waals surface area contributed by atoms with E-state index in [-0.39, 0.29) is 11.4 Å². The number of hydrogen-bond acceptors (Lipinski definition) is 1. The Balaban J connectivity index is 2.26. The Morgan fingerprint density at radius 3 is 2.40 bits per heavy atom. The maximum absolute atomic E-state index is 14.0. The maximum atomic E-state index is 14.0. The molecule has 1 aromatic carbocycles. The summed E-state index contributed by atoms with van der Waals surface area (Å²) < 4.78 is 27.1. The van der Waals surface area contributed by atoms with Crippen LogP contribution in [0, 0.1) is 17.0 Å². The van der Waals surface area contributed by atoms with E-state index < -0.39 is 17.0 Å². The minimum absolute atomic E-state index is 0.120. The first-order valence-corrected chi connectivity index (χ1v) is 6.60. The number of carbonyl (C=O) groups is 1. The first-order valence-electron chi connectivity index (χ1n) is 6.60. The molecule has 1 N–H and O–H groups in total. The second kappa shape index (κ2) is 4.72. The summed E-state index contributed by atoms with van der Waals surface area (Å²) in [6, 6.07) is 3.44. The van der Waals surface area contributed by atoms with Gasteiger partial charge in [0.1, 0.15) is 11.6 Å². The van der Waals surface area contributed by atoms with Gasteiger partial charge in [0, 0.05) is 32.1 Å². The van der Waals surface area contributed by atoms with Crippen LogP contribution in [0.1, 0.15) is 25.8 Å². The van der Waals surface area contributed by atoms with Crippen molar-refractivity contribution in [2.45, 2.75) is 25.7 Å². The summed E-state index contributed by atoms with van der Waals surface area (Å²) in [5.74, 6) is -1.13. The van der Waals surface area contributed by atoms with Crippen LogP contribution in [0.5, 0.6) is 0 Å². The number of nitrogens with zero attached hydrogens (tertiary/aromatic N) is 1. The van der Waals surface area contributed by atoms with Gasteiger partial charge in [-0.3, -0.25) is 0 Å². The second-order valence-electron chi connectivity index (χ2n) is 6.32. The molecule has 0 bridgehead atoms. The standard InChI is InChI=1S/C15H20F2N2O/c1-14(2)8-15(14,9-18-13(20)19(3)4)11-6-5-10(16)7-12(11)17/h5-7H,8-9H2,1-4H3,(H,18,20). The number of benzene rings is 1. The molecule has 0 radical (unpaired) electrons. The third-order valence-electron chi connectivity index (χ3n) is 4.31. The van der Waals surface area contributed by atoms with E-state index in [1.54, 1.807) is 14.1 Å². The fraction of sp³-hybridized carbons (Fsp3) is 0.533. The maximum Gasteiger partial charge on any atom is 0.316 e. The van der Waals surface area contributed by atoms with Gasteiger partial charge >= 0.3 is 6.03 Å². The lowest BCUT2D eigenvalue weighted by Gasteiger charge is -2.23. The highest BCUT2D eigenvalue weighted by atomic mass is 19.1. The van der Waals surface area contributed by atoms with Gasteiger partial charge in [-0.05, 0) is 23.5 Å². The number of nitrogens with one attached hydrogen (secondary N) is 1. The SMILES string of the molecule is CN(C)C(=O)NCC1(c2ccc(F)cc2F)CC1(C)C. The number of rotatable bonds is 3. The molecule has 110 valence electrons. The molecule has 1 fully saturated rings. The third kappa shape index (κ3) is 2.37. The molecule has 0 saturated heterocycles. The van der Waals surface area contributed by atoms with Crippen LogP contribution in [-0.4, -0.2) is 31.6 Å². The zero-order valence-electron chi connectivity index (χ0n) is 12.3. The molecule has 0 aliphatic heterocycles. The summed E-state index contributed by atoms with van der Waals surface area (Å²) in [5, 5.41) is 2.81. The molecule has 0 heterocycles. The molecular formula is C15H20F2N2O. The zero-order valence-corrected chi connectivity index (χ0v) is 12.3. The van der Waals surface area contributed by atoms with Crippen LogP contribution in [0.2, 0.25) is 0 Å². The minimum atomic E-state index is -0.586. The number of urea groups is 1. The van der Waals surface area contributed by atoms with E-state index in [1.807, 2.05) is 13.8 Å². The molecule has 1 aliphatic carbocycles. The number of halogens is 2. The van der Waals surface area contributed by atoms with E-state index in [1.165, 1.54) is 17.0 Å². The Hall–Kier alpha value is -1.65. The topological polar surface area (TPSA) is 32.3 Å². The van der Waals surface area contributed by atoms with E-state index in [9.17, 15) is 13.6 Å². The van der Waals surface area contributed by atoms with Crippen molar-refractivity contribution in [2.75, 3.05) is 20.6 Å². The van der Waals surface area contributed by atoms with Gasteiger partial charge in [-0.1, -0.05) is 19.9 Å². The van der Waals surface area contributed by atoms with Gasteiger partial charge in [-0.25, -0.2) is 13.6 Å². The summed E-state index contributed by atoms with van der Waals surface area (Å²) in [6.07, 6.45) is 0.760. The van der Waals surface area contributed by atoms with Crippen molar-refractivity contribution < 1.29 is 13.6 Å². The van der Waals surface area contributed by atoms with Crippen LogP contribution < -0.4 is 5.32 Å². The molecular weight excluding hydrogens is 262 g/mol. The third-order valence-corrected chi connectivity index (χ3v) is 4.31. The highest BCUT2D eigenvalue weighted by molar-refractivity contribution is 5.73. The predicted molar refractivity (Wildman–Crippen MR) is 73.5 cm³/mol. The van der Waals surface area contributed by atoms with E-state index in [4.69, 9.17) is 0 Å². The van der Waals surface area contributed by atoms with Crippen molar-refractivity contribution in [3.05, 3.63) is 35.4 Å². The molecule has 1 aliphatic rings. The molecule has 0 spiro atoms. The van der Waals surface area contributed by atoms with Gasteiger partial charge in [0.15, 0.2) is 0 Å². The van der Waals surface area contributed by atoms with Crippen LogP contribution in [0.15, 0.2) is 18.2 Å². The molecule has 2 amide bonds. The van der Waals surface area contributed by atoms with E-state index in [0.29, 0.717) is 12.1 Å². The van der Waals surface area contributed by atoms with Crippen LogP contribution >= 0.6 is 0 Å². The molecule has 2 rings (SSSR count). The molecule has 1 atom stereocenters. The van der Waals surface area contributed by atoms with Crippen molar-refractivity contribution in [2.24, 2.45) is 5.41 Å². The molecule has 0 aromatic heterocycles. The largest absolute Gasteiger partial charge is 0.337 e. The molecule has 20 heavy (non-hydrogen) atoms. The van der Waals surface area contributed by atoms with Crippen molar-refractivity contribution in [1.82, 2.24) is 10.2 Å². The van der Waals surface area contributed by atoms with Gasteiger partial charge in [-0.15, -0.1) is 0 Å². The predicted octanol–water partition coefficient (Wildman–Crippen LogP) is 2.90. The lowest BCUT2D eigenvalue weighted by molar-refractivity contribution is 0.215. The summed E-state index contributed by atoms with van der Waals surface area (Å²) in [4.78, 5) is 13.1. The normalized spacial score (nSPS) is 23.3. The Morgan fingerprint density at radius 1 is 1.35 bits per heavy atom. The van der Waals surface area contributed by atoms with Crippen molar-refractivity contribution >= 4 is 6.03 Å². The first-order chi connectivity index (χ1) is 9.19. The van der Waals surface area contributed by atoms with Gasteiger partial charge in [0.25, 0.3) is 0 Å². The molecule has 5 heteroatoms. The van der Waals surface area contributed by atoms with Crippen molar-refractivity contribution in [3.63, 3.8) is 0 Å². The summed E-state index contributed by atoms with van der Waals surface area (Å²) in [7, 11) is 3.30. The van der Waals surface area contributed by atoms with Gasteiger partial charge in [0.05, 0.1) is 0 Å². The molecule has 1 aromatic rings. The van der Waals surface area contributed by atoms with Gasteiger partial charge in [-0.2, -0.15) is 0 Å². The lowest BCUT2D eigenvalue weighted by atomic mass is 9.87. The van der Waals surface area contributed by atoms with E-state index in [0.717, 1.165) is 12.5 Å². The highest BCUT2D eigenvalue weighted by Gasteiger charge is 2.62. The van der Waals surface area contributed by atoms with Crippen LogP contribution in [0.25, 0.3) is 0 Å². The first kappa shape index (κ1) is 14.8. The smallest absolute Gasteiger partial charge is 0.316 e. The quantitative estimate of drug-likeness (QED) is 0.908. The van der Waals surface area contributed by atoms with Crippen LogP contribution in [0.3, 0.4) is 0 Å². The Labute approximate surface area is 118 Å². The minimum Gasteiger partial charge on any atom is -0.337 e. The summed E-state index contributed by atoms with van der Waals surface area (Å²) >= 11 is 0. The van der Waals surface area contributed by atoms with Gasteiger partial charge < -0.3 is 10.2 Å². The summed E-state index contributed by atoms with van der Waals surface area (Å²) in [5.41, 5.74) is -0.107. The average molecular weight is 282 g/mol. The fourth-order valence-electron chi connectivity index (χ4n) is 2.83. The van der Waals surface area contributed by atoms with Crippen molar-refractivity contribution in [3.8, 4) is 0 Å². The Kier molecular flexibility index (Phi) is 3.48. The molecule has 3 nitrogen and oxygen atoms in total. The van der Waals surface area contributed by atoms with Gasteiger partial charge in [0.2, 0.25) is 0 Å². The number of amides is 2. The monoisotopic (exact) mass is 282 g/mol. The zero-order chi connectivity index (χ0) is 15.1. The van der Waals surface area contributed by atoms with E-state index >= 15 is 0 Å². The lowest BCUT2D eigenvalue weighted by Crippen LogP contribution is -2.40. The van der Waals surface area contributed by atoms with Crippen LogP contribution in [0.4, 0.5) is 13.6 Å². The Morgan fingerprint density at radius 2 is 1.95 bits per heavy atom. The fourth-order valence-corrected chi connectivity index (χ4v) is 2.83. The highest BCUT2D eigenvalue weighted by Crippen LogP contribution is 2.64. The van der Waals surface area contributed by atoms with Crippen LogP contribution in [-0.2, 0) is 5.41 Å². The number of carbonyl (C=O) groups excluding carboxylic acids is 1. The van der Waals surface area contributed by atoms with E-state index in [2.05, 4.69) is 5.32 Å². The molecule has 1 unspecified atom stereocenters. The second-order valence-corrected chi connectivity index (χ2v) is 6.32. The number of hydrogen-bond donors (Lipinski definition) is 1. The summed E-state index contributed by atoms with van der Waals surface area (Å²) in [6.45, 7) is 4.40.